The lowest BCUT2D eigenvalue weighted by Crippen LogP contribution is -2.12. The van der Waals surface area contributed by atoms with Crippen molar-refractivity contribution in [3.8, 4) is 0 Å². The molecule has 1 aromatic heterocycles. The minimum Gasteiger partial charge on any atom is -0.478 e. The number of alkyl halides is 2. The molecule has 0 saturated carbocycles. The van der Waals surface area contributed by atoms with Gasteiger partial charge in [0.2, 0.25) is 0 Å². The summed E-state index contributed by atoms with van der Waals surface area (Å²) in [6, 6.07) is 1.56. The van der Waals surface area contributed by atoms with Gasteiger partial charge in [-0.25, -0.2) is 13.6 Å². The van der Waals surface area contributed by atoms with Gasteiger partial charge in [0.05, 0.1) is 12.2 Å². The molecule has 0 radical (unpaired) electrons. The Morgan fingerprint density at radius 1 is 1.53 bits per heavy atom. The Hall–Kier alpha value is -1.43. The number of aromatic nitrogens is 1. The highest BCUT2D eigenvalue weighted by Gasteiger charge is 2.14. The Labute approximate surface area is 97.8 Å². The van der Waals surface area contributed by atoms with Gasteiger partial charge in [0.1, 0.15) is 6.61 Å². The lowest BCUT2D eigenvalue weighted by atomic mass is 10.2. The Balaban J connectivity index is 2.62. The van der Waals surface area contributed by atoms with Gasteiger partial charge in [-0.2, -0.15) is 0 Å². The number of aryl methyl sites for hydroxylation is 1. The maximum absolute atomic E-state index is 11.8. The number of carboxylic acid groups (broad SMARTS) is 1. The third-order valence-corrected chi connectivity index (χ3v) is 2.51. The minimum absolute atomic E-state index is 0.139. The van der Waals surface area contributed by atoms with E-state index in [9.17, 15) is 13.6 Å². The number of hydrogen-bond donors (Lipinski definition) is 1. The lowest BCUT2D eigenvalue weighted by Gasteiger charge is -2.09. The third kappa shape index (κ3) is 3.52. The smallest absolute Gasteiger partial charge is 0.337 e. The van der Waals surface area contributed by atoms with Crippen molar-refractivity contribution in [2.45, 2.75) is 26.8 Å². The molecule has 0 aliphatic heterocycles. The standard InChI is InChI=1S/C11H15F2NO3/c1-7-5-9(11(15)16)8(2)14(7)3-4-17-6-10(12)13/h5,10H,3-4,6H2,1-2H3,(H,15,16). The number of nitrogens with zero attached hydrogens (tertiary/aromatic N) is 1. The highest BCUT2D eigenvalue weighted by molar-refractivity contribution is 5.89. The molecule has 0 atom stereocenters. The molecule has 0 aromatic carbocycles. The second kappa shape index (κ2) is 5.77. The largest absolute Gasteiger partial charge is 0.478 e. The van der Waals surface area contributed by atoms with E-state index in [-0.39, 0.29) is 12.2 Å². The summed E-state index contributed by atoms with van der Waals surface area (Å²) in [6.45, 7) is 3.37. The topological polar surface area (TPSA) is 51.5 Å². The monoisotopic (exact) mass is 247 g/mol. The Kier molecular flexibility index (Phi) is 4.62. The van der Waals surface area contributed by atoms with Crippen LogP contribution in [-0.4, -0.2) is 35.3 Å². The quantitative estimate of drug-likeness (QED) is 0.783. The van der Waals surface area contributed by atoms with E-state index in [4.69, 9.17) is 9.84 Å². The van der Waals surface area contributed by atoms with Crippen LogP contribution in [0.3, 0.4) is 0 Å². The molecule has 96 valence electrons. The lowest BCUT2D eigenvalue weighted by molar-refractivity contribution is 0.0146. The molecule has 0 saturated heterocycles. The second-order valence-electron chi connectivity index (χ2n) is 3.71. The van der Waals surface area contributed by atoms with Crippen molar-refractivity contribution in [3.05, 3.63) is 23.0 Å². The minimum atomic E-state index is -2.48. The zero-order valence-corrected chi connectivity index (χ0v) is 9.74. The average molecular weight is 247 g/mol. The van der Waals surface area contributed by atoms with E-state index in [0.717, 1.165) is 5.69 Å². The molecule has 1 N–H and O–H groups in total. The molecule has 6 heteroatoms. The number of hydrogen-bond acceptors (Lipinski definition) is 2. The Morgan fingerprint density at radius 2 is 2.18 bits per heavy atom. The summed E-state index contributed by atoms with van der Waals surface area (Å²) in [6.07, 6.45) is -2.48. The fourth-order valence-corrected chi connectivity index (χ4v) is 1.69. The molecule has 0 aliphatic carbocycles. The van der Waals surface area contributed by atoms with Crippen LogP contribution in [0.2, 0.25) is 0 Å². The van der Waals surface area contributed by atoms with Crippen molar-refractivity contribution in [1.29, 1.82) is 0 Å². The maximum Gasteiger partial charge on any atom is 0.337 e. The van der Waals surface area contributed by atoms with Crippen LogP contribution >= 0.6 is 0 Å². The summed E-state index contributed by atoms with van der Waals surface area (Å²) in [5.74, 6) is -0.988. The number of rotatable bonds is 6. The fourth-order valence-electron chi connectivity index (χ4n) is 1.69. The molecule has 1 aromatic rings. The van der Waals surface area contributed by atoms with Crippen molar-refractivity contribution >= 4 is 5.97 Å². The van der Waals surface area contributed by atoms with Crippen LogP contribution in [0.15, 0.2) is 6.07 Å². The van der Waals surface area contributed by atoms with E-state index >= 15 is 0 Å². The van der Waals surface area contributed by atoms with E-state index in [2.05, 4.69) is 0 Å². The number of aromatic carboxylic acids is 1. The molecule has 1 rings (SSSR count). The molecule has 0 fully saturated rings. The van der Waals surface area contributed by atoms with Gasteiger partial charge in [0.15, 0.2) is 0 Å². The van der Waals surface area contributed by atoms with E-state index < -0.39 is 19.0 Å². The van der Waals surface area contributed by atoms with Crippen LogP contribution in [0.5, 0.6) is 0 Å². The van der Waals surface area contributed by atoms with E-state index in [1.165, 1.54) is 0 Å². The van der Waals surface area contributed by atoms with Gasteiger partial charge in [-0.05, 0) is 19.9 Å². The van der Waals surface area contributed by atoms with Crippen LogP contribution in [-0.2, 0) is 11.3 Å². The highest BCUT2D eigenvalue weighted by atomic mass is 19.3. The average Bonchev–Trinajstić information content (AvgIpc) is 2.50. The first-order chi connectivity index (χ1) is 7.93. The van der Waals surface area contributed by atoms with E-state index in [0.29, 0.717) is 12.2 Å². The van der Waals surface area contributed by atoms with Crippen LogP contribution in [0.1, 0.15) is 21.7 Å². The number of halogens is 2. The first kappa shape index (κ1) is 13.6. The highest BCUT2D eigenvalue weighted by Crippen LogP contribution is 2.14. The van der Waals surface area contributed by atoms with Gasteiger partial charge in [-0.3, -0.25) is 0 Å². The predicted octanol–water partition coefficient (Wildman–Crippen LogP) is 2.08. The maximum atomic E-state index is 11.8. The van der Waals surface area contributed by atoms with Gasteiger partial charge < -0.3 is 14.4 Å². The Bertz CT molecular complexity index is 402. The first-order valence-electron chi connectivity index (χ1n) is 5.19. The summed E-state index contributed by atoms with van der Waals surface area (Å²) in [5, 5.41) is 8.90. The zero-order chi connectivity index (χ0) is 13.0. The van der Waals surface area contributed by atoms with E-state index in [1.54, 1.807) is 24.5 Å². The fraction of sp³-hybridized carbons (Fsp3) is 0.545. The zero-order valence-electron chi connectivity index (χ0n) is 9.74. The Morgan fingerprint density at radius 3 is 2.65 bits per heavy atom. The summed E-state index contributed by atoms with van der Waals surface area (Å²) in [7, 11) is 0. The third-order valence-electron chi connectivity index (χ3n) is 2.51. The molecule has 0 bridgehead atoms. The summed E-state index contributed by atoms with van der Waals surface area (Å²) < 4.78 is 30.1. The molecule has 4 nitrogen and oxygen atoms in total. The molecule has 1 heterocycles. The van der Waals surface area contributed by atoms with Crippen molar-refractivity contribution in [3.63, 3.8) is 0 Å². The van der Waals surface area contributed by atoms with Gasteiger partial charge in [-0.15, -0.1) is 0 Å². The van der Waals surface area contributed by atoms with E-state index in [1.807, 2.05) is 0 Å². The number of ether oxygens (including phenoxy) is 1. The molecule has 17 heavy (non-hydrogen) atoms. The summed E-state index contributed by atoms with van der Waals surface area (Å²) in [5.41, 5.74) is 1.62. The van der Waals surface area contributed by atoms with Crippen LogP contribution < -0.4 is 0 Å². The SMILES string of the molecule is Cc1cc(C(=O)O)c(C)n1CCOCC(F)F. The summed E-state index contributed by atoms with van der Waals surface area (Å²) >= 11 is 0. The van der Waals surface area contributed by atoms with Gasteiger partial charge in [-0.1, -0.05) is 0 Å². The van der Waals surface area contributed by atoms with Gasteiger partial charge >= 0.3 is 5.97 Å². The molecular weight excluding hydrogens is 232 g/mol. The first-order valence-corrected chi connectivity index (χ1v) is 5.19. The van der Waals surface area contributed by atoms with Crippen LogP contribution in [0, 0.1) is 13.8 Å². The number of carbonyl (C=O) groups is 1. The predicted molar refractivity (Wildman–Crippen MR) is 57.7 cm³/mol. The van der Waals surface area contributed by atoms with Crippen molar-refractivity contribution in [2.24, 2.45) is 0 Å². The molecule has 0 amide bonds. The normalized spacial score (nSPS) is 11.1. The van der Waals surface area contributed by atoms with Crippen LogP contribution in [0.25, 0.3) is 0 Å². The van der Waals surface area contributed by atoms with Crippen molar-refractivity contribution in [2.75, 3.05) is 13.2 Å². The molecule has 0 unspecified atom stereocenters. The molecule has 0 aliphatic rings. The van der Waals surface area contributed by atoms with Crippen molar-refractivity contribution < 1.29 is 23.4 Å². The van der Waals surface area contributed by atoms with Crippen molar-refractivity contribution in [1.82, 2.24) is 4.57 Å². The molecular formula is C11H15F2NO3. The summed E-state index contributed by atoms with van der Waals surface area (Å²) in [4.78, 5) is 10.9. The number of carboxylic acids is 1. The van der Waals surface area contributed by atoms with Gasteiger partial charge in [0, 0.05) is 17.9 Å². The van der Waals surface area contributed by atoms with Gasteiger partial charge in [0.25, 0.3) is 6.43 Å². The van der Waals surface area contributed by atoms with Crippen LogP contribution in [0.4, 0.5) is 8.78 Å². The molecule has 0 spiro atoms. The second-order valence-corrected chi connectivity index (χ2v) is 3.71.